The topological polar surface area (TPSA) is 108 Å². The van der Waals surface area contributed by atoms with Crippen LogP contribution in [0.1, 0.15) is 239 Å². The molecule has 0 aromatic carbocycles. The Hall–Kier alpha value is -1.28. The summed E-state index contributed by atoms with van der Waals surface area (Å²) in [5.74, 6) is -0.208. The number of aliphatic hydroxyl groups is 1. The molecule has 8 nitrogen and oxygen atoms in total. The SMILES string of the molecule is CCCCCCCCC/C=C/CC/C=C/CC/C=C/C(O)C(COP(=O)([O-])OCC[N+](C)(C)C)NC(=O)CCCCCCCCCCCCCCCCCCCCCCCC. The third kappa shape index (κ3) is 46.5. The van der Waals surface area contributed by atoms with E-state index in [1.807, 2.05) is 27.2 Å². The highest BCUT2D eigenvalue weighted by atomic mass is 31.2. The number of hydrogen-bond acceptors (Lipinski definition) is 6. The Balaban J connectivity index is 4.32. The molecule has 360 valence electrons. The molecule has 9 heteroatoms. The van der Waals surface area contributed by atoms with E-state index in [0.717, 1.165) is 44.9 Å². The molecule has 0 saturated heterocycles. The summed E-state index contributed by atoms with van der Waals surface area (Å²) in [6.07, 6.45) is 54.9. The average molecular weight is 881 g/mol. The molecular weight excluding hydrogens is 780 g/mol. The van der Waals surface area contributed by atoms with E-state index in [0.29, 0.717) is 17.4 Å². The van der Waals surface area contributed by atoms with E-state index in [2.05, 4.69) is 43.5 Å². The molecule has 1 amide bonds. The standard InChI is InChI=1S/C52H101N2O6P/c1-6-8-10-12-14-16-18-20-22-24-25-26-27-28-30-32-34-36-38-40-42-44-46-52(56)53-50(49-60-61(57,58)59-48-47-54(3,4)5)51(55)45-43-41-39-37-35-33-31-29-23-21-19-17-15-13-11-9-7-2/h23,29,35,37,43,45,50-51,55H,6-22,24-28,30-34,36,38-42,44,46-49H2,1-5H3,(H-,53,56,57,58)/b29-23+,37-35+,45-43+. The summed E-state index contributed by atoms with van der Waals surface area (Å²) in [7, 11) is 1.24. The molecule has 3 unspecified atom stereocenters. The monoisotopic (exact) mass is 881 g/mol. The second-order valence-corrected chi connectivity index (χ2v) is 20.3. The number of unbranched alkanes of at least 4 members (excludes halogenated alkanes) is 30. The molecule has 0 rings (SSSR count). The lowest BCUT2D eigenvalue weighted by Gasteiger charge is -2.29. The molecule has 61 heavy (non-hydrogen) atoms. The van der Waals surface area contributed by atoms with Crippen LogP contribution < -0.4 is 10.2 Å². The van der Waals surface area contributed by atoms with Crippen molar-refractivity contribution >= 4 is 13.7 Å². The number of carbonyl (C=O) groups excluding carboxylic acids is 1. The van der Waals surface area contributed by atoms with Gasteiger partial charge in [0.15, 0.2) is 0 Å². The van der Waals surface area contributed by atoms with Crippen molar-refractivity contribution < 1.29 is 32.9 Å². The number of nitrogens with one attached hydrogen (secondary N) is 1. The van der Waals surface area contributed by atoms with Gasteiger partial charge >= 0.3 is 0 Å². The summed E-state index contributed by atoms with van der Waals surface area (Å²) in [6.45, 7) is 4.63. The number of rotatable bonds is 47. The van der Waals surface area contributed by atoms with E-state index in [9.17, 15) is 19.4 Å². The van der Waals surface area contributed by atoms with Crippen LogP contribution in [0.15, 0.2) is 36.5 Å². The van der Waals surface area contributed by atoms with E-state index in [1.165, 1.54) is 173 Å². The van der Waals surface area contributed by atoms with E-state index in [-0.39, 0.29) is 12.5 Å². The number of phosphoric ester groups is 1. The Bertz CT molecular complexity index is 1090. The number of carbonyl (C=O) groups is 1. The van der Waals surface area contributed by atoms with Crippen LogP contribution in [-0.4, -0.2) is 68.5 Å². The van der Waals surface area contributed by atoms with Crippen molar-refractivity contribution in [2.75, 3.05) is 40.9 Å². The van der Waals surface area contributed by atoms with Crippen molar-refractivity contribution in [2.45, 2.75) is 251 Å². The van der Waals surface area contributed by atoms with Gasteiger partial charge < -0.3 is 28.8 Å². The van der Waals surface area contributed by atoms with Gasteiger partial charge in [0.05, 0.1) is 39.9 Å². The summed E-state index contributed by atoms with van der Waals surface area (Å²) < 4.78 is 23.3. The number of amides is 1. The van der Waals surface area contributed by atoms with E-state index in [4.69, 9.17) is 9.05 Å². The number of phosphoric acid groups is 1. The van der Waals surface area contributed by atoms with Crippen LogP contribution in [0, 0.1) is 0 Å². The zero-order chi connectivity index (χ0) is 45.0. The molecule has 0 fully saturated rings. The van der Waals surface area contributed by atoms with Gasteiger partial charge in [-0.1, -0.05) is 224 Å². The Morgan fingerprint density at radius 3 is 1.33 bits per heavy atom. The largest absolute Gasteiger partial charge is 0.756 e. The van der Waals surface area contributed by atoms with Crippen molar-refractivity contribution in [3.63, 3.8) is 0 Å². The smallest absolute Gasteiger partial charge is 0.268 e. The highest BCUT2D eigenvalue weighted by Crippen LogP contribution is 2.38. The Labute approximate surface area is 378 Å². The molecule has 0 radical (unpaired) electrons. The van der Waals surface area contributed by atoms with Crippen molar-refractivity contribution in [3.05, 3.63) is 36.5 Å². The van der Waals surface area contributed by atoms with Crippen LogP contribution in [0.5, 0.6) is 0 Å². The van der Waals surface area contributed by atoms with Crippen LogP contribution in [0.3, 0.4) is 0 Å². The second kappa shape index (κ2) is 43.9. The first-order valence-corrected chi connectivity index (χ1v) is 27.3. The van der Waals surface area contributed by atoms with Gasteiger partial charge in [-0.2, -0.15) is 0 Å². The molecular formula is C52H101N2O6P. The minimum atomic E-state index is -4.60. The highest BCUT2D eigenvalue weighted by Gasteiger charge is 2.23. The minimum absolute atomic E-state index is 0.00761. The normalized spacial score (nSPS) is 14.4. The first-order valence-electron chi connectivity index (χ1n) is 25.9. The Kier molecular flexibility index (Phi) is 43.0. The second-order valence-electron chi connectivity index (χ2n) is 18.9. The number of allylic oxidation sites excluding steroid dienone is 5. The molecule has 0 aliphatic rings. The van der Waals surface area contributed by atoms with Gasteiger partial charge in [0.1, 0.15) is 13.2 Å². The van der Waals surface area contributed by atoms with Crippen molar-refractivity contribution in [1.29, 1.82) is 0 Å². The molecule has 0 aromatic heterocycles. The van der Waals surface area contributed by atoms with Gasteiger partial charge in [-0.15, -0.1) is 0 Å². The van der Waals surface area contributed by atoms with Gasteiger partial charge in [0.2, 0.25) is 5.91 Å². The van der Waals surface area contributed by atoms with Gasteiger partial charge in [-0.25, -0.2) is 0 Å². The van der Waals surface area contributed by atoms with Gasteiger partial charge in [0.25, 0.3) is 7.82 Å². The zero-order valence-corrected chi connectivity index (χ0v) is 41.8. The quantitative estimate of drug-likeness (QED) is 0.0273. The Morgan fingerprint density at radius 1 is 0.557 bits per heavy atom. The fraction of sp³-hybridized carbons (Fsp3) is 0.865. The van der Waals surface area contributed by atoms with Crippen molar-refractivity contribution in [2.24, 2.45) is 0 Å². The lowest BCUT2D eigenvalue weighted by molar-refractivity contribution is -0.870. The van der Waals surface area contributed by atoms with E-state index < -0.39 is 26.6 Å². The number of likely N-dealkylation sites (N-methyl/N-ethyl adjacent to an activating group) is 1. The van der Waals surface area contributed by atoms with E-state index >= 15 is 0 Å². The fourth-order valence-corrected chi connectivity index (χ4v) is 8.20. The first-order chi connectivity index (χ1) is 29.5. The zero-order valence-electron chi connectivity index (χ0n) is 40.9. The molecule has 3 atom stereocenters. The first kappa shape index (κ1) is 59.7. The number of aliphatic hydroxyl groups excluding tert-OH is 1. The van der Waals surface area contributed by atoms with Crippen molar-refractivity contribution in [1.82, 2.24) is 5.32 Å². The maximum Gasteiger partial charge on any atom is 0.268 e. The number of quaternary nitrogens is 1. The minimum Gasteiger partial charge on any atom is -0.756 e. The molecule has 0 spiro atoms. The summed E-state index contributed by atoms with van der Waals surface area (Å²) in [5.41, 5.74) is 0. The van der Waals surface area contributed by atoms with Crippen LogP contribution in [0.4, 0.5) is 0 Å². The van der Waals surface area contributed by atoms with Gasteiger partial charge in [-0.3, -0.25) is 9.36 Å². The van der Waals surface area contributed by atoms with Crippen LogP contribution >= 0.6 is 7.82 Å². The summed E-state index contributed by atoms with van der Waals surface area (Å²) in [5, 5.41) is 13.8. The Morgan fingerprint density at radius 2 is 0.918 bits per heavy atom. The van der Waals surface area contributed by atoms with Crippen LogP contribution in [0.25, 0.3) is 0 Å². The summed E-state index contributed by atoms with van der Waals surface area (Å²) in [6, 6.07) is -0.906. The van der Waals surface area contributed by atoms with Gasteiger partial charge in [0, 0.05) is 6.42 Å². The van der Waals surface area contributed by atoms with Crippen LogP contribution in [-0.2, 0) is 18.4 Å². The molecule has 0 bridgehead atoms. The molecule has 2 N–H and O–H groups in total. The maximum absolute atomic E-state index is 12.9. The molecule has 0 aliphatic heterocycles. The lowest BCUT2D eigenvalue weighted by atomic mass is 10.0. The molecule has 0 aromatic rings. The molecule has 0 saturated carbocycles. The van der Waals surface area contributed by atoms with Gasteiger partial charge in [-0.05, 0) is 44.9 Å². The predicted octanol–water partition coefficient (Wildman–Crippen LogP) is 14.4. The van der Waals surface area contributed by atoms with Crippen molar-refractivity contribution in [3.8, 4) is 0 Å². The predicted molar refractivity (Wildman–Crippen MR) is 261 cm³/mol. The summed E-state index contributed by atoms with van der Waals surface area (Å²) >= 11 is 0. The van der Waals surface area contributed by atoms with E-state index in [1.54, 1.807) is 6.08 Å². The highest BCUT2D eigenvalue weighted by molar-refractivity contribution is 7.45. The van der Waals surface area contributed by atoms with Crippen LogP contribution in [0.2, 0.25) is 0 Å². The molecule has 0 aliphatic carbocycles. The molecule has 0 heterocycles. The number of nitrogens with zero attached hydrogens (tertiary/aromatic N) is 1. The third-order valence-corrected chi connectivity index (χ3v) is 12.5. The summed E-state index contributed by atoms with van der Waals surface area (Å²) in [4.78, 5) is 25.4. The fourth-order valence-electron chi connectivity index (χ4n) is 7.48. The third-order valence-electron chi connectivity index (χ3n) is 11.6. The average Bonchev–Trinajstić information content (AvgIpc) is 3.21. The number of hydrogen-bond donors (Lipinski definition) is 2. The maximum atomic E-state index is 12.9. The lowest BCUT2D eigenvalue weighted by Crippen LogP contribution is -2.45.